The lowest BCUT2D eigenvalue weighted by atomic mass is 9.84. The highest BCUT2D eigenvalue weighted by Crippen LogP contribution is 2.34. The molecule has 4 nitrogen and oxygen atoms in total. The summed E-state index contributed by atoms with van der Waals surface area (Å²) in [7, 11) is 3.32. The molecule has 3 N–H and O–H groups in total. The van der Waals surface area contributed by atoms with Gasteiger partial charge >= 0.3 is 0 Å². The van der Waals surface area contributed by atoms with E-state index >= 15 is 0 Å². The molecule has 0 radical (unpaired) electrons. The minimum absolute atomic E-state index is 0.225. The lowest BCUT2D eigenvalue weighted by Crippen LogP contribution is -2.42. The number of nitrogens with one attached hydrogen (secondary N) is 1. The van der Waals surface area contributed by atoms with E-state index in [4.69, 9.17) is 15.2 Å². The third-order valence-corrected chi connectivity index (χ3v) is 3.43. The van der Waals surface area contributed by atoms with E-state index in [9.17, 15) is 0 Å². The van der Waals surface area contributed by atoms with Gasteiger partial charge in [0.2, 0.25) is 0 Å². The Bertz CT molecular complexity index is 382. The van der Waals surface area contributed by atoms with Crippen LogP contribution in [0.5, 0.6) is 11.5 Å². The van der Waals surface area contributed by atoms with Crippen LogP contribution in [0.1, 0.15) is 18.4 Å². The van der Waals surface area contributed by atoms with E-state index < -0.39 is 0 Å². The zero-order chi connectivity index (χ0) is 12.5. The molecule has 0 saturated carbocycles. The highest BCUT2D eigenvalue weighted by Gasteiger charge is 2.36. The summed E-state index contributed by atoms with van der Waals surface area (Å²) in [6.45, 7) is 3.80. The highest BCUT2D eigenvalue weighted by molar-refractivity contribution is 5.41. The Hall–Kier alpha value is -1.26. The van der Waals surface area contributed by atoms with Crippen molar-refractivity contribution >= 4 is 0 Å². The van der Waals surface area contributed by atoms with Gasteiger partial charge in [0.05, 0.1) is 14.2 Å². The van der Waals surface area contributed by atoms with Gasteiger partial charge in [-0.2, -0.15) is 0 Å². The van der Waals surface area contributed by atoms with Crippen molar-refractivity contribution in [3.8, 4) is 11.5 Å². The molecule has 1 aromatic carbocycles. The lowest BCUT2D eigenvalue weighted by Gasteiger charge is -2.26. The first-order valence-corrected chi connectivity index (χ1v) is 5.79. The summed E-state index contributed by atoms with van der Waals surface area (Å²) in [5.41, 5.74) is 7.23. The van der Waals surface area contributed by atoms with Crippen molar-refractivity contribution in [2.45, 2.75) is 18.4 Å². The highest BCUT2D eigenvalue weighted by atomic mass is 16.5. The Kier molecular flexibility index (Phi) is 3.26. The minimum Gasteiger partial charge on any atom is -0.497 e. The largest absolute Gasteiger partial charge is 0.497 e. The molecule has 1 saturated heterocycles. The summed E-state index contributed by atoms with van der Waals surface area (Å²) in [5.74, 6) is 1.90. The molecule has 0 bridgehead atoms. The molecule has 1 fully saturated rings. The van der Waals surface area contributed by atoms with Crippen LogP contribution in [0, 0.1) is 0 Å². The van der Waals surface area contributed by atoms with Gasteiger partial charge in [0.15, 0.2) is 0 Å². The summed E-state index contributed by atoms with van der Waals surface area (Å²) in [6, 6.07) is 5.94. The van der Waals surface area contributed by atoms with Crippen molar-refractivity contribution in [1.82, 2.24) is 5.32 Å². The van der Waals surface area contributed by atoms with Crippen LogP contribution in [-0.4, -0.2) is 32.8 Å². The van der Waals surface area contributed by atoms with Crippen LogP contribution in [0.15, 0.2) is 18.2 Å². The third kappa shape index (κ3) is 2.37. The van der Waals surface area contributed by atoms with E-state index in [2.05, 4.69) is 12.2 Å². The second-order valence-electron chi connectivity index (χ2n) is 4.84. The van der Waals surface area contributed by atoms with Gasteiger partial charge in [-0.15, -0.1) is 0 Å². The molecule has 1 aromatic rings. The zero-order valence-electron chi connectivity index (χ0n) is 10.6. The predicted octanol–water partition coefficient (Wildman–Crippen LogP) is 1.11. The number of ether oxygens (including phenoxy) is 2. The molecule has 1 aliphatic heterocycles. The van der Waals surface area contributed by atoms with Gasteiger partial charge in [-0.1, -0.05) is 0 Å². The Balaban J connectivity index is 2.37. The second kappa shape index (κ2) is 4.55. The quantitative estimate of drug-likeness (QED) is 0.825. The number of benzene rings is 1. The molecule has 1 heterocycles. The van der Waals surface area contributed by atoms with E-state index in [0.29, 0.717) is 0 Å². The molecule has 4 heteroatoms. The van der Waals surface area contributed by atoms with Gasteiger partial charge in [-0.25, -0.2) is 0 Å². The van der Waals surface area contributed by atoms with Crippen molar-refractivity contribution in [2.24, 2.45) is 5.73 Å². The van der Waals surface area contributed by atoms with Gasteiger partial charge in [-0.3, -0.25) is 0 Å². The maximum atomic E-state index is 6.29. The summed E-state index contributed by atoms with van der Waals surface area (Å²) < 4.78 is 10.6. The summed E-state index contributed by atoms with van der Waals surface area (Å²) in [4.78, 5) is 0. The molecule has 0 aliphatic carbocycles. The molecular weight excluding hydrogens is 216 g/mol. The summed E-state index contributed by atoms with van der Waals surface area (Å²) >= 11 is 0. The maximum absolute atomic E-state index is 6.29. The van der Waals surface area contributed by atoms with Crippen molar-refractivity contribution in [1.29, 1.82) is 0 Å². The van der Waals surface area contributed by atoms with Crippen molar-refractivity contribution in [3.63, 3.8) is 0 Å². The molecule has 0 spiro atoms. The first kappa shape index (κ1) is 12.2. The normalized spacial score (nSPS) is 28.1. The number of rotatable bonds is 3. The van der Waals surface area contributed by atoms with Gasteiger partial charge < -0.3 is 20.5 Å². The average Bonchev–Trinajstić information content (AvgIpc) is 2.68. The Morgan fingerprint density at radius 1 is 1.24 bits per heavy atom. The molecule has 0 amide bonds. The summed E-state index contributed by atoms with van der Waals surface area (Å²) in [6.07, 6.45) is 0. The number of methoxy groups -OCH3 is 2. The minimum atomic E-state index is -0.225. The molecule has 0 aromatic heterocycles. The SMILES string of the molecule is COc1cc(OC)cc([C@@H]2CNC[C@@]2(C)N)c1. The summed E-state index contributed by atoms with van der Waals surface area (Å²) in [5, 5.41) is 3.33. The first-order chi connectivity index (χ1) is 8.06. The van der Waals surface area contributed by atoms with E-state index in [1.54, 1.807) is 14.2 Å². The Morgan fingerprint density at radius 3 is 2.24 bits per heavy atom. The maximum Gasteiger partial charge on any atom is 0.122 e. The van der Waals surface area contributed by atoms with Crippen molar-refractivity contribution < 1.29 is 9.47 Å². The van der Waals surface area contributed by atoms with Crippen LogP contribution in [-0.2, 0) is 0 Å². The fourth-order valence-corrected chi connectivity index (χ4v) is 2.37. The molecule has 0 unspecified atom stereocenters. The fourth-order valence-electron chi connectivity index (χ4n) is 2.37. The fraction of sp³-hybridized carbons (Fsp3) is 0.538. The van der Waals surface area contributed by atoms with Gasteiger partial charge in [0.1, 0.15) is 11.5 Å². The smallest absolute Gasteiger partial charge is 0.122 e. The van der Waals surface area contributed by atoms with Crippen LogP contribution in [0.2, 0.25) is 0 Å². The van der Waals surface area contributed by atoms with Crippen LogP contribution in [0.3, 0.4) is 0 Å². The van der Waals surface area contributed by atoms with E-state index in [1.807, 2.05) is 18.2 Å². The van der Waals surface area contributed by atoms with Crippen LogP contribution in [0.25, 0.3) is 0 Å². The van der Waals surface area contributed by atoms with Gasteiger partial charge in [0, 0.05) is 30.6 Å². The monoisotopic (exact) mass is 236 g/mol. The first-order valence-electron chi connectivity index (χ1n) is 5.79. The second-order valence-corrected chi connectivity index (χ2v) is 4.84. The number of hydrogen-bond acceptors (Lipinski definition) is 4. The molecule has 2 atom stereocenters. The van der Waals surface area contributed by atoms with Crippen LogP contribution < -0.4 is 20.5 Å². The number of nitrogens with two attached hydrogens (primary N) is 1. The molecule has 17 heavy (non-hydrogen) atoms. The standard InChI is InChI=1S/C13H20N2O2/c1-13(14)8-15-7-12(13)9-4-10(16-2)6-11(5-9)17-3/h4-6,12,15H,7-8,14H2,1-3H3/t12-,13+/m0/s1. The van der Waals surface area contributed by atoms with Crippen molar-refractivity contribution in [3.05, 3.63) is 23.8 Å². The Morgan fingerprint density at radius 2 is 1.82 bits per heavy atom. The third-order valence-electron chi connectivity index (χ3n) is 3.43. The Labute approximate surface area is 102 Å². The number of hydrogen-bond donors (Lipinski definition) is 2. The van der Waals surface area contributed by atoms with E-state index in [0.717, 1.165) is 30.2 Å². The molecular formula is C13H20N2O2. The van der Waals surface area contributed by atoms with Crippen LogP contribution >= 0.6 is 0 Å². The van der Waals surface area contributed by atoms with Crippen LogP contribution in [0.4, 0.5) is 0 Å². The topological polar surface area (TPSA) is 56.5 Å². The zero-order valence-corrected chi connectivity index (χ0v) is 10.6. The van der Waals surface area contributed by atoms with E-state index in [1.165, 1.54) is 0 Å². The molecule has 94 valence electrons. The predicted molar refractivity (Wildman–Crippen MR) is 67.7 cm³/mol. The van der Waals surface area contributed by atoms with Crippen molar-refractivity contribution in [2.75, 3.05) is 27.3 Å². The molecule has 2 rings (SSSR count). The van der Waals surface area contributed by atoms with Gasteiger partial charge in [-0.05, 0) is 24.6 Å². The lowest BCUT2D eigenvalue weighted by molar-refractivity contribution is 0.390. The average molecular weight is 236 g/mol. The van der Waals surface area contributed by atoms with E-state index in [-0.39, 0.29) is 11.5 Å². The van der Waals surface area contributed by atoms with Gasteiger partial charge in [0.25, 0.3) is 0 Å². The molecule has 1 aliphatic rings.